The molecule has 1 atom stereocenters. The topological polar surface area (TPSA) is 52.8 Å². The van der Waals surface area contributed by atoms with Crippen LogP contribution < -0.4 is 0 Å². The van der Waals surface area contributed by atoms with Crippen molar-refractivity contribution in [2.75, 3.05) is 6.61 Å². The Bertz CT molecular complexity index is 1380. The van der Waals surface area contributed by atoms with Crippen LogP contribution in [0.15, 0.2) is 65.8 Å². The number of carbonyl (C=O) groups excluding carboxylic acids is 1. The second kappa shape index (κ2) is 8.83. The number of hydrogen-bond acceptors (Lipinski definition) is 4. The number of rotatable bonds is 5. The maximum Gasteiger partial charge on any atom is 0.332 e. The standard InChI is InChI=1S/C28H28N2O3/c1-4-30-25-9-6-5-8-23(25)24-17-21(12-14-26(24)30)28(29-33-19(3)31)22-13-11-20(16-18(22)2)27-10-7-15-32-27/h5-6,8-9,11-14,16-17,27H,4,7,10,15H2,1-3H3. The van der Waals surface area contributed by atoms with Crippen molar-refractivity contribution in [2.24, 2.45) is 5.16 Å². The highest BCUT2D eigenvalue weighted by Gasteiger charge is 2.20. The second-order valence-corrected chi connectivity index (χ2v) is 8.59. The summed E-state index contributed by atoms with van der Waals surface area (Å²) in [5, 5.41) is 6.66. The molecule has 0 amide bonds. The van der Waals surface area contributed by atoms with Gasteiger partial charge in [-0.3, -0.25) is 0 Å². The molecule has 5 rings (SSSR count). The fourth-order valence-corrected chi connectivity index (χ4v) is 4.90. The van der Waals surface area contributed by atoms with Crippen molar-refractivity contribution in [3.05, 3.63) is 82.9 Å². The lowest BCUT2D eigenvalue weighted by molar-refractivity contribution is -0.140. The molecule has 33 heavy (non-hydrogen) atoms. The van der Waals surface area contributed by atoms with Gasteiger partial charge in [-0.05, 0) is 56.0 Å². The number of oxime groups is 1. The minimum absolute atomic E-state index is 0.156. The van der Waals surface area contributed by atoms with E-state index in [1.165, 1.54) is 28.9 Å². The second-order valence-electron chi connectivity index (χ2n) is 8.59. The Balaban J connectivity index is 1.65. The van der Waals surface area contributed by atoms with Gasteiger partial charge in [0.25, 0.3) is 0 Å². The lowest BCUT2D eigenvalue weighted by atomic mass is 9.94. The molecule has 5 nitrogen and oxygen atoms in total. The normalized spacial score (nSPS) is 16.6. The highest BCUT2D eigenvalue weighted by Crippen LogP contribution is 2.32. The van der Waals surface area contributed by atoms with Crippen LogP contribution >= 0.6 is 0 Å². The average Bonchev–Trinajstić information content (AvgIpc) is 3.46. The molecule has 1 fully saturated rings. The van der Waals surface area contributed by atoms with Gasteiger partial charge in [-0.25, -0.2) is 4.79 Å². The molecule has 1 saturated heterocycles. The van der Waals surface area contributed by atoms with Crippen molar-refractivity contribution in [3.8, 4) is 0 Å². The van der Waals surface area contributed by atoms with E-state index in [-0.39, 0.29) is 6.10 Å². The number of ether oxygens (including phenoxy) is 1. The van der Waals surface area contributed by atoms with Crippen LogP contribution in [0.1, 0.15) is 55.0 Å². The van der Waals surface area contributed by atoms with Crippen LogP contribution in [0.3, 0.4) is 0 Å². The zero-order valence-corrected chi connectivity index (χ0v) is 19.3. The predicted octanol–water partition coefficient (Wildman–Crippen LogP) is 6.29. The van der Waals surface area contributed by atoms with E-state index in [1.807, 2.05) is 0 Å². The Morgan fingerprint density at radius 1 is 1.09 bits per heavy atom. The highest BCUT2D eigenvalue weighted by molar-refractivity contribution is 6.17. The molecule has 0 N–H and O–H groups in total. The molecule has 0 spiro atoms. The van der Waals surface area contributed by atoms with Gasteiger partial charge in [-0.1, -0.05) is 47.6 Å². The number of benzene rings is 3. The van der Waals surface area contributed by atoms with E-state index >= 15 is 0 Å². The lowest BCUT2D eigenvalue weighted by Crippen LogP contribution is -2.09. The summed E-state index contributed by atoms with van der Waals surface area (Å²) in [6.45, 7) is 7.30. The number of para-hydroxylation sites is 1. The number of hydrogen-bond donors (Lipinski definition) is 0. The first kappa shape index (κ1) is 21.4. The van der Waals surface area contributed by atoms with Gasteiger partial charge in [0.2, 0.25) is 0 Å². The predicted molar refractivity (Wildman–Crippen MR) is 132 cm³/mol. The Kier molecular flexibility index (Phi) is 5.73. The maximum atomic E-state index is 11.6. The molecule has 0 aliphatic carbocycles. The zero-order chi connectivity index (χ0) is 22.9. The number of aryl methyl sites for hydroxylation is 2. The average molecular weight is 441 g/mol. The molecule has 0 radical (unpaired) electrons. The van der Waals surface area contributed by atoms with Gasteiger partial charge in [-0.15, -0.1) is 0 Å². The van der Waals surface area contributed by atoms with Crippen molar-refractivity contribution in [2.45, 2.75) is 46.3 Å². The number of carbonyl (C=O) groups is 1. The van der Waals surface area contributed by atoms with Gasteiger partial charge in [0.15, 0.2) is 0 Å². The molecule has 0 saturated carbocycles. The largest absolute Gasteiger partial charge is 0.374 e. The summed E-state index contributed by atoms with van der Waals surface area (Å²) in [5.41, 5.74) is 7.15. The van der Waals surface area contributed by atoms with Crippen LogP contribution in [0.5, 0.6) is 0 Å². The zero-order valence-electron chi connectivity index (χ0n) is 19.3. The van der Waals surface area contributed by atoms with E-state index in [0.717, 1.165) is 48.1 Å². The third-order valence-electron chi connectivity index (χ3n) is 6.43. The van der Waals surface area contributed by atoms with Gasteiger partial charge in [0.05, 0.1) is 6.10 Å². The summed E-state index contributed by atoms with van der Waals surface area (Å²) in [5.74, 6) is -0.440. The van der Waals surface area contributed by atoms with Crippen molar-refractivity contribution >= 4 is 33.5 Å². The van der Waals surface area contributed by atoms with Crippen LogP contribution in [0.25, 0.3) is 21.8 Å². The van der Waals surface area contributed by atoms with Gasteiger partial charge < -0.3 is 14.1 Å². The third kappa shape index (κ3) is 3.93. The van der Waals surface area contributed by atoms with E-state index in [2.05, 4.69) is 84.2 Å². The molecule has 1 aliphatic rings. The molecule has 4 aromatic rings. The van der Waals surface area contributed by atoms with Gasteiger partial charge >= 0.3 is 5.97 Å². The summed E-state index contributed by atoms with van der Waals surface area (Å²) in [4.78, 5) is 16.7. The highest BCUT2D eigenvalue weighted by atomic mass is 16.7. The minimum Gasteiger partial charge on any atom is -0.374 e. The summed E-state index contributed by atoms with van der Waals surface area (Å²) in [6, 6.07) is 21.1. The smallest absolute Gasteiger partial charge is 0.332 e. The van der Waals surface area contributed by atoms with E-state index < -0.39 is 5.97 Å². The molecule has 0 bridgehead atoms. The minimum atomic E-state index is -0.440. The van der Waals surface area contributed by atoms with Gasteiger partial charge in [0, 0.05) is 53.0 Å². The Morgan fingerprint density at radius 2 is 1.91 bits per heavy atom. The fraction of sp³-hybridized carbons (Fsp3) is 0.286. The maximum absolute atomic E-state index is 11.6. The quantitative estimate of drug-likeness (QED) is 0.208. The van der Waals surface area contributed by atoms with E-state index in [1.54, 1.807) is 0 Å². The van der Waals surface area contributed by atoms with Crippen molar-refractivity contribution < 1.29 is 14.4 Å². The van der Waals surface area contributed by atoms with Crippen LogP contribution in [0.2, 0.25) is 0 Å². The van der Waals surface area contributed by atoms with E-state index in [0.29, 0.717) is 5.71 Å². The first-order valence-electron chi connectivity index (χ1n) is 11.6. The van der Waals surface area contributed by atoms with Crippen molar-refractivity contribution in [1.29, 1.82) is 0 Å². The molecule has 5 heteroatoms. The molecule has 2 heterocycles. The number of fused-ring (bicyclic) bond motifs is 3. The number of aromatic nitrogens is 1. The number of nitrogens with zero attached hydrogens (tertiary/aromatic N) is 2. The van der Waals surface area contributed by atoms with Gasteiger partial charge in [-0.2, -0.15) is 0 Å². The summed E-state index contributed by atoms with van der Waals surface area (Å²) in [7, 11) is 0. The SMILES string of the molecule is CCn1c2ccccc2c2cc(C(=NOC(C)=O)c3ccc(C4CCCO4)cc3C)ccc21. The van der Waals surface area contributed by atoms with E-state index in [9.17, 15) is 4.79 Å². The van der Waals surface area contributed by atoms with Crippen molar-refractivity contribution in [3.63, 3.8) is 0 Å². The molecule has 168 valence electrons. The van der Waals surface area contributed by atoms with Gasteiger partial charge in [0.1, 0.15) is 5.71 Å². The first-order chi connectivity index (χ1) is 16.1. The lowest BCUT2D eigenvalue weighted by Gasteiger charge is -2.15. The van der Waals surface area contributed by atoms with Crippen LogP contribution in [0, 0.1) is 6.92 Å². The van der Waals surface area contributed by atoms with Crippen molar-refractivity contribution in [1.82, 2.24) is 4.57 Å². The molecule has 1 unspecified atom stereocenters. The summed E-state index contributed by atoms with van der Waals surface area (Å²) >= 11 is 0. The van der Waals surface area contributed by atoms with Crippen LogP contribution in [0.4, 0.5) is 0 Å². The van der Waals surface area contributed by atoms with E-state index in [4.69, 9.17) is 9.57 Å². The Morgan fingerprint density at radius 3 is 2.64 bits per heavy atom. The molecule has 1 aromatic heterocycles. The molecule has 1 aliphatic heterocycles. The first-order valence-corrected chi connectivity index (χ1v) is 11.6. The molecular formula is C28H28N2O3. The molecular weight excluding hydrogens is 412 g/mol. The Labute approximate surface area is 193 Å². The summed E-state index contributed by atoms with van der Waals surface area (Å²) < 4.78 is 8.18. The Hall–Kier alpha value is -3.44. The molecule has 3 aromatic carbocycles. The van der Waals surface area contributed by atoms with Crippen LogP contribution in [-0.4, -0.2) is 22.9 Å². The summed E-state index contributed by atoms with van der Waals surface area (Å²) in [6.07, 6.45) is 2.30. The monoisotopic (exact) mass is 440 g/mol. The van der Waals surface area contributed by atoms with Crippen LogP contribution in [-0.2, 0) is 20.9 Å². The third-order valence-corrected chi connectivity index (χ3v) is 6.43. The fourth-order valence-electron chi connectivity index (χ4n) is 4.90.